The number of thiazole rings is 1. The fourth-order valence-electron chi connectivity index (χ4n) is 4.42. The summed E-state index contributed by atoms with van der Waals surface area (Å²) in [6.45, 7) is 6.70. The first-order valence-corrected chi connectivity index (χ1v) is 12.4. The third-order valence-electron chi connectivity index (χ3n) is 5.85. The van der Waals surface area contributed by atoms with E-state index in [9.17, 15) is 4.79 Å². The van der Waals surface area contributed by atoms with Crippen molar-refractivity contribution < 1.29 is 9.53 Å². The second-order valence-corrected chi connectivity index (χ2v) is 10.4. The lowest BCUT2D eigenvalue weighted by atomic mass is 10.0. The molecule has 2 aromatic carbocycles. The van der Waals surface area contributed by atoms with Gasteiger partial charge < -0.3 is 10.1 Å². The summed E-state index contributed by atoms with van der Waals surface area (Å²) in [6.07, 6.45) is 0.730. The van der Waals surface area contributed by atoms with Crippen molar-refractivity contribution in [2.24, 2.45) is 0 Å². The van der Waals surface area contributed by atoms with Crippen molar-refractivity contribution in [3.8, 4) is 16.9 Å². The Labute approximate surface area is 206 Å². The van der Waals surface area contributed by atoms with Crippen LogP contribution in [-0.4, -0.2) is 22.1 Å². The molecule has 5 nitrogen and oxygen atoms in total. The molecule has 0 saturated heterocycles. The van der Waals surface area contributed by atoms with Crippen LogP contribution in [0.2, 0.25) is 10.0 Å². The number of benzene rings is 2. The Morgan fingerprint density at radius 2 is 1.94 bits per heavy atom. The molecule has 0 saturated carbocycles. The third-order valence-corrected chi connectivity index (χ3v) is 7.45. The summed E-state index contributed by atoms with van der Waals surface area (Å²) >= 11 is 14.0. The summed E-state index contributed by atoms with van der Waals surface area (Å²) in [7, 11) is 0. The number of para-hydroxylation sites is 1. The van der Waals surface area contributed by atoms with Crippen LogP contribution in [0.1, 0.15) is 58.9 Å². The maximum Gasteiger partial charge on any atom is 0.263 e. The molecule has 4 aromatic rings. The van der Waals surface area contributed by atoms with Crippen LogP contribution in [0.25, 0.3) is 16.0 Å². The normalized spacial score (nSPS) is 15.5. The van der Waals surface area contributed by atoms with Crippen molar-refractivity contribution in [3.63, 3.8) is 0 Å². The van der Waals surface area contributed by atoms with E-state index in [0.717, 1.165) is 45.1 Å². The van der Waals surface area contributed by atoms with Gasteiger partial charge in [-0.2, -0.15) is 5.10 Å². The Balaban J connectivity index is 1.58. The van der Waals surface area contributed by atoms with Gasteiger partial charge in [-0.1, -0.05) is 55.2 Å². The molecule has 1 amide bonds. The molecule has 33 heavy (non-hydrogen) atoms. The highest BCUT2D eigenvalue weighted by molar-refractivity contribution is 7.20. The van der Waals surface area contributed by atoms with E-state index in [1.807, 2.05) is 47.8 Å². The zero-order valence-electron chi connectivity index (χ0n) is 18.5. The van der Waals surface area contributed by atoms with Crippen molar-refractivity contribution in [3.05, 3.63) is 74.3 Å². The second-order valence-electron chi connectivity index (χ2n) is 8.51. The Kier molecular flexibility index (Phi) is 5.85. The highest BCUT2D eigenvalue weighted by atomic mass is 35.5. The lowest BCUT2D eigenvalue weighted by Gasteiger charge is -2.26. The minimum Gasteiger partial charge on any atom is -0.493 e. The number of halogens is 2. The van der Waals surface area contributed by atoms with Gasteiger partial charge in [-0.25, -0.2) is 4.52 Å². The molecule has 0 aliphatic carbocycles. The molecular formula is C25H23Cl2N3O2S. The standard InChI is InChI=1S/C25H23Cl2N3O2S/c1-13(2)22-23(24(31)28-19-8-9-32-20-7-5-4-6-18(19)20)33-25-21(14(3)29-30(22)25)15-10-16(26)12-17(27)11-15/h4-7,10-13,19H,8-9H2,1-3H3,(H,28,31)/t19-/m0/s1. The van der Waals surface area contributed by atoms with Crippen molar-refractivity contribution in [2.45, 2.75) is 39.2 Å². The number of aryl methyl sites for hydroxylation is 1. The van der Waals surface area contributed by atoms with Crippen LogP contribution in [0.3, 0.4) is 0 Å². The number of ether oxygens (including phenoxy) is 1. The van der Waals surface area contributed by atoms with Gasteiger partial charge in [0, 0.05) is 27.6 Å². The van der Waals surface area contributed by atoms with Gasteiger partial charge >= 0.3 is 0 Å². The molecule has 5 rings (SSSR count). The van der Waals surface area contributed by atoms with Gasteiger partial charge in [0.2, 0.25) is 0 Å². The summed E-state index contributed by atoms with van der Waals surface area (Å²) < 4.78 is 7.66. The summed E-state index contributed by atoms with van der Waals surface area (Å²) in [6, 6.07) is 13.2. The van der Waals surface area contributed by atoms with Gasteiger partial charge in [0.15, 0.2) is 0 Å². The first-order chi connectivity index (χ1) is 15.8. The van der Waals surface area contributed by atoms with Gasteiger partial charge in [-0.15, -0.1) is 11.3 Å². The van der Waals surface area contributed by atoms with Gasteiger partial charge in [-0.3, -0.25) is 4.79 Å². The van der Waals surface area contributed by atoms with E-state index >= 15 is 0 Å². The highest BCUT2D eigenvalue weighted by Gasteiger charge is 2.29. The van der Waals surface area contributed by atoms with Crippen LogP contribution in [0.5, 0.6) is 5.75 Å². The second kappa shape index (κ2) is 8.67. The lowest BCUT2D eigenvalue weighted by Crippen LogP contribution is -2.32. The molecule has 8 heteroatoms. The van der Waals surface area contributed by atoms with Gasteiger partial charge in [0.1, 0.15) is 15.5 Å². The van der Waals surface area contributed by atoms with E-state index < -0.39 is 0 Å². The molecule has 1 aliphatic heterocycles. The van der Waals surface area contributed by atoms with Gasteiger partial charge in [-0.05, 0) is 42.7 Å². The third kappa shape index (κ3) is 4.01. The summed E-state index contributed by atoms with van der Waals surface area (Å²) in [4.78, 5) is 15.1. The Morgan fingerprint density at radius 1 is 1.21 bits per heavy atom. The van der Waals surface area contributed by atoms with Crippen LogP contribution in [0.4, 0.5) is 0 Å². The number of hydrogen-bond acceptors (Lipinski definition) is 4. The van der Waals surface area contributed by atoms with Crippen molar-refractivity contribution >= 4 is 45.3 Å². The van der Waals surface area contributed by atoms with Crippen LogP contribution in [-0.2, 0) is 0 Å². The average Bonchev–Trinajstić information content (AvgIpc) is 3.27. The number of nitrogens with zero attached hydrogens (tertiary/aromatic N) is 2. The van der Waals surface area contributed by atoms with E-state index in [-0.39, 0.29) is 17.9 Å². The maximum atomic E-state index is 13.5. The Bertz CT molecular complexity index is 1360. The highest BCUT2D eigenvalue weighted by Crippen LogP contribution is 2.39. The molecule has 3 heterocycles. The molecule has 1 aliphatic rings. The molecule has 170 valence electrons. The topological polar surface area (TPSA) is 55.6 Å². The molecule has 0 radical (unpaired) electrons. The lowest BCUT2D eigenvalue weighted by molar-refractivity contribution is 0.0927. The smallest absolute Gasteiger partial charge is 0.263 e. The Morgan fingerprint density at radius 3 is 2.67 bits per heavy atom. The van der Waals surface area contributed by atoms with Crippen LogP contribution in [0, 0.1) is 6.92 Å². The van der Waals surface area contributed by atoms with E-state index in [0.29, 0.717) is 21.5 Å². The zero-order valence-corrected chi connectivity index (χ0v) is 20.8. The Hall–Kier alpha value is -2.54. The number of amides is 1. The number of fused-ring (bicyclic) bond motifs is 2. The maximum absolute atomic E-state index is 13.5. The molecule has 0 bridgehead atoms. The van der Waals surface area contributed by atoms with Crippen molar-refractivity contribution in [1.82, 2.24) is 14.9 Å². The number of carbonyl (C=O) groups excluding carboxylic acids is 1. The SMILES string of the molecule is Cc1nn2c(C(C)C)c(C(=O)N[C@H]3CCOc4ccccc43)sc2c1-c1cc(Cl)cc(Cl)c1. The van der Waals surface area contributed by atoms with Crippen LogP contribution in [0.15, 0.2) is 42.5 Å². The minimum atomic E-state index is -0.0939. The number of aromatic nitrogens is 2. The summed E-state index contributed by atoms with van der Waals surface area (Å²) in [5, 5.41) is 9.16. The predicted molar refractivity (Wildman–Crippen MR) is 134 cm³/mol. The van der Waals surface area contributed by atoms with E-state index in [1.165, 1.54) is 11.3 Å². The molecule has 2 aromatic heterocycles. The average molecular weight is 500 g/mol. The fraction of sp³-hybridized carbons (Fsp3) is 0.280. The monoisotopic (exact) mass is 499 g/mol. The summed E-state index contributed by atoms with van der Waals surface area (Å²) in [5.74, 6) is 0.843. The van der Waals surface area contributed by atoms with Crippen LogP contribution >= 0.6 is 34.5 Å². The van der Waals surface area contributed by atoms with E-state index in [2.05, 4.69) is 19.2 Å². The molecule has 0 unspecified atom stereocenters. The largest absolute Gasteiger partial charge is 0.493 e. The first-order valence-electron chi connectivity index (χ1n) is 10.8. The number of carbonyl (C=O) groups is 1. The van der Waals surface area contributed by atoms with E-state index in [4.69, 9.17) is 33.0 Å². The minimum absolute atomic E-state index is 0.0928. The van der Waals surface area contributed by atoms with Crippen molar-refractivity contribution in [2.75, 3.05) is 6.61 Å². The molecule has 0 fully saturated rings. The molecule has 1 atom stereocenters. The quantitative estimate of drug-likeness (QED) is 0.327. The molecular weight excluding hydrogens is 477 g/mol. The number of hydrogen-bond donors (Lipinski definition) is 1. The predicted octanol–water partition coefficient (Wildman–Crippen LogP) is 7.06. The van der Waals surface area contributed by atoms with Crippen LogP contribution < -0.4 is 10.1 Å². The first kappa shape index (κ1) is 22.3. The van der Waals surface area contributed by atoms with Gasteiger partial charge in [0.25, 0.3) is 5.91 Å². The fourth-order valence-corrected chi connectivity index (χ4v) is 6.32. The number of nitrogens with one attached hydrogen (secondary N) is 1. The zero-order chi connectivity index (χ0) is 23.3. The summed E-state index contributed by atoms with van der Waals surface area (Å²) in [5.41, 5.74) is 4.61. The molecule has 0 spiro atoms. The number of rotatable bonds is 4. The van der Waals surface area contributed by atoms with Crippen molar-refractivity contribution in [1.29, 1.82) is 0 Å². The van der Waals surface area contributed by atoms with E-state index in [1.54, 1.807) is 6.07 Å². The molecule has 1 N–H and O–H groups in total. The van der Waals surface area contributed by atoms with Gasteiger partial charge in [0.05, 0.1) is 24.0 Å².